The largest absolute Gasteiger partial charge is 0.336 e. The number of carbonyl (C=O) groups is 2. The molecule has 1 fully saturated rings. The summed E-state index contributed by atoms with van der Waals surface area (Å²) in [5, 5.41) is 13.5. The topological polar surface area (TPSA) is 130 Å². The first-order chi connectivity index (χ1) is 14.2. The van der Waals surface area contributed by atoms with Crippen molar-refractivity contribution in [2.45, 2.75) is 11.8 Å². The second-order valence-electron chi connectivity index (χ2n) is 6.71. The van der Waals surface area contributed by atoms with E-state index in [0.29, 0.717) is 5.69 Å². The molecule has 0 spiro atoms. The van der Waals surface area contributed by atoms with Crippen LogP contribution in [0.3, 0.4) is 0 Å². The van der Waals surface area contributed by atoms with Crippen molar-refractivity contribution in [2.75, 3.05) is 31.5 Å². The highest BCUT2D eigenvalue weighted by atomic mass is 32.2. The highest BCUT2D eigenvalue weighted by molar-refractivity contribution is 7.89. The second-order valence-corrected chi connectivity index (χ2v) is 8.65. The Morgan fingerprint density at radius 1 is 1.03 bits per heavy atom. The number of carbonyl (C=O) groups excluding carboxylic acids is 2. The van der Waals surface area contributed by atoms with Crippen LogP contribution in [0.25, 0.3) is 0 Å². The molecule has 11 heteroatoms. The molecule has 10 nitrogen and oxygen atoms in total. The Morgan fingerprint density at radius 3 is 2.23 bits per heavy atom. The van der Waals surface area contributed by atoms with Crippen LogP contribution >= 0.6 is 0 Å². The molecule has 2 amide bonds. The van der Waals surface area contributed by atoms with Crippen molar-refractivity contribution in [3.8, 4) is 0 Å². The maximum atomic E-state index is 12.8. The summed E-state index contributed by atoms with van der Waals surface area (Å²) >= 11 is 0. The summed E-state index contributed by atoms with van der Waals surface area (Å²) < 4.78 is 27.0. The SMILES string of the molecule is CC(=O)Nc1ccc(S(=O)(=O)N2CCN(C(=O)c3cccc([N+](=O)[O-])c3)CC2)cc1. The minimum absolute atomic E-state index is 0.0927. The Bertz CT molecular complexity index is 1080. The predicted octanol–water partition coefficient (Wildman–Crippen LogP) is 1.70. The first-order valence-electron chi connectivity index (χ1n) is 9.10. The molecule has 2 aromatic carbocycles. The fourth-order valence-electron chi connectivity index (χ4n) is 3.13. The summed E-state index contributed by atoms with van der Waals surface area (Å²) in [7, 11) is -3.75. The molecule has 3 rings (SSSR count). The van der Waals surface area contributed by atoms with Gasteiger partial charge in [0.1, 0.15) is 0 Å². The summed E-state index contributed by atoms with van der Waals surface area (Å²) in [5.41, 5.74) is 0.507. The van der Waals surface area contributed by atoms with Crippen LogP contribution < -0.4 is 5.32 Å². The van der Waals surface area contributed by atoms with Gasteiger partial charge in [0.25, 0.3) is 11.6 Å². The van der Waals surface area contributed by atoms with Gasteiger partial charge in [0, 0.05) is 56.5 Å². The van der Waals surface area contributed by atoms with E-state index in [1.165, 1.54) is 64.7 Å². The van der Waals surface area contributed by atoms with Crippen LogP contribution in [-0.2, 0) is 14.8 Å². The maximum Gasteiger partial charge on any atom is 0.270 e. The highest BCUT2D eigenvalue weighted by Crippen LogP contribution is 2.21. The molecule has 1 saturated heterocycles. The molecule has 0 radical (unpaired) electrons. The van der Waals surface area contributed by atoms with Crippen molar-refractivity contribution in [3.63, 3.8) is 0 Å². The van der Waals surface area contributed by atoms with E-state index in [2.05, 4.69) is 5.32 Å². The molecule has 0 atom stereocenters. The Balaban J connectivity index is 1.67. The Kier molecular flexibility index (Phi) is 6.13. The molecular formula is C19H20N4O6S. The lowest BCUT2D eigenvalue weighted by atomic mass is 10.1. The van der Waals surface area contributed by atoms with E-state index >= 15 is 0 Å². The van der Waals surface area contributed by atoms with Gasteiger partial charge in [0.05, 0.1) is 9.82 Å². The first kappa shape index (κ1) is 21.4. The first-order valence-corrected chi connectivity index (χ1v) is 10.5. The zero-order valence-corrected chi connectivity index (χ0v) is 17.0. The van der Waals surface area contributed by atoms with Gasteiger partial charge in [-0.3, -0.25) is 19.7 Å². The molecule has 2 aromatic rings. The minimum atomic E-state index is -3.75. The van der Waals surface area contributed by atoms with Crippen molar-refractivity contribution in [2.24, 2.45) is 0 Å². The van der Waals surface area contributed by atoms with Crippen LogP contribution in [0.1, 0.15) is 17.3 Å². The number of anilines is 1. The number of nitrogens with zero attached hydrogens (tertiary/aromatic N) is 3. The molecule has 158 valence electrons. The third-order valence-electron chi connectivity index (χ3n) is 4.64. The van der Waals surface area contributed by atoms with Crippen molar-refractivity contribution >= 4 is 33.2 Å². The predicted molar refractivity (Wildman–Crippen MR) is 109 cm³/mol. The average Bonchev–Trinajstić information content (AvgIpc) is 2.73. The standard InChI is InChI=1S/C19H20N4O6S/c1-14(24)20-16-5-7-18(8-6-16)30(28,29)22-11-9-21(10-12-22)19(25)15-3-2-4-17(13-15)23(26)27/h2-8,13H,9-12H2,1H3,(H,20,24). The van der Waals surface area contributed by atoms with Crippen LogP contribution in [-0.4, -0.2) is 60.5 Å². The molecule has 0 saturated carbocycles. The number of rotatable bonds is 5. The zero-order chi connectivity index (χ0) is 21.9. The van der Waals surface area contributed by atoms with Gasteiger partial charge < -0.3 is 10.2 Å². The van der Waals surface area contributed by atoms with Gasteiger partial charge in [-0.25, -0.2) is 8.42 Å². The number of amides is 2. The van der Waals surface area contributed by atoms with Crippen molar-refractivity contribution < 1.29 is 22.9 Å². The lowest BCUT2D eigenvalue weighted by molar-refractivity contribution is -0.384. The van der Waals surface area contributed by atoms with Gasteiger partial charge in [0.2, 0.25) is 15.9 Å². The van der Waals surface area contributed by atoms with Crippen LogP contribution in [0.15, 0.2) is 53.4 Å². The van der Waals surface area contributed by atoms with Gasteiger partial charge in [-0.1, -0.05) is 6.07 Å². The molecule has 0 bridgehead atoms. The Labute approximate surface area is 173 Å². The number of nitrogens with one attached hydrogen (secondary N) is 1. The third-order valence-corrected chi connectivity index (χ3v) is 6.56. The number of piperazine rings is 1. The second kappa shape index (κ2) is 8.59. The monoisotopic (exact) mass is 432 g/mol. The van der Waals surface area contributed by atoms with E-state index in [9.17, 15) is 28.1 Å². The quantitative estimate of drug-likeness (QED) is 0.565. The zero-order valence-electron chi connectivity index (χ0n) is 16.1. The van der Waals surface area contributed by atoms with Gasteiger partial charge in [-0.2, -0.15) is 4.31 Å². The molecule has 30 heavy (non-hydrogen) atoms. The van der Waals surface area contributed by atoms with Gasteiger partial charge >= 0.3 is 0 Å². The van der Waals surface area contributed by atoms with Crippen LogP contribution in [0.2, 0.25) is 0 Å². The molecule has 1 heterocycles. The summed E-state index contributed by atoms with van der Waals surface area (Å²) in [4.78, 5) is 35.6. The Hall–Kier alpha value is -3.31. The third kappa shape index (κ3) is 4.63. The summed E-state index contributed by atoms with van der Waals surface area (Å²) in [6.45, 7) is 1.92. The Morgan fingerprint density at radius 2 is 1.67 bits per heavy atom. The number of nitro benzene ring substituents is 1. The van der Waals surface area contributed by atoms with Crippen LogP contribution in [0, 0.1) is 10.1 Å². The molecule has 1 N–H and O–H groups in total. The molecular weight excluding hydrogens is 412 g/mol. The van der Waals surface area contributed by atoms with Gasteiger partial charge in [0.15, 0.2) is 0 Å². The fraction of sp³-hybridized carbons (Fsp3) is 0.263. The molecule has 1 aliphatic heterocycles. The highest BCUT2D eigenvalue weighted by Gasteiger charge is 2.30. The number of sulfonamides is 1. The van der Waals surface area contributed by atoms with Crippen molar-refractivity contribution in [1.29, 1.82) is 0 Å². The maximum absolute atomic E-state index is 12.8. The molecule has 0 aromatic heterocycles. The van der Waals surface area contributed by atoms with E-state index in [0.717, 1.165) is 0 Å². The fourth-order valence-corrected chi connectivity index (χ4v) is 4.55. The molecule has 0 unspecified atom stereocenters. The van der Waals surface area contributed by atoms with E-state index in [1.807, 2.05) is 0 Å². The van der Waals surface area contributed by atoms with E-state index in [-0.39, 0.29) is 54.1 Å². The lowest BCUT2D eigenvalue weighted by Gasteiger charge is -2.34. The van der Waals surface area contributed by atoms with Crippen molar-refractivity contribution in [1.82, 2.24) is 9.21 Å². The number of hydrogen-bond donors (Lipinski definition) is 1. The number of non-ortho nitro benzene ring substituents is 1. The van der Waals surface area contributed by atoms with E-state index < -0.39 is 14.9 Å². The minimum Gasteiger partial charge on any atom is -0.336 e. The smallest absolute Gasteiger partial charge is 0.270 e. The van der Waals surface area contributed by atoms with Crippen LogP contribution in [0.5, 0.6) is 0 Å². The number of nitro groups is 1. The van der Waals surface area contributed by atoms with Crippen LogP contribution in [0.4, 0.5) is 11.4 Å². The molecule has 1 aliphatic rings. The number of hydrogen-bond acceptors (Lipinski definition) is 6. The van der Waals surface area contributed by atoms with Gasteiger partial charge in [-0.15, -0.1) is 0 Å². The average molecular weight is 432 g/mol. The van der Waals surface area contributed by atoms with E-state index in [4.69, 9.17) is 0 Å². The van der Waals surface area contributed by atoms with E-state index in [1.54, 1.807) is 0 Å². The number of benzene rings is 2. The molecule has 0 aliphatic carbocycles. The normalized spacial score (nSPS) is 14.9. The van der Waals surface area contributed by atoms with Gasteiger partial charge in [-0.05, 0) is 30.3 Å². The summed E-state index contributed by atoms with van der Waals surface area (Å²) in [6.07, 6.45) is 0. The van der Waals surface area contributed by atoms with Crippen molar-refractivity contribution in [3.05, 3.63) is 64.2 Å². The summed E-state index contributed by atoms with van der Waals surface area (Å²) in [6, 6.07) is 11.3. The summed E-state index contributed by atoms with van der Waals surface area (Å²) in [5.74, 6) is -0.634. The lowest BCUT2D eigenvalue weighted by Crippen LogP contribution is -2.50.